The van der Waals surface area contributed by atoms with Crippen molar-refractivity contribution in [1.82, 2.24) is 19.6 Å². The first-order chi connectivity index (χ1) is 14.5. The first kappa shape index (κ1) is 21.3. The summed E-state index contributed by atoms with van der Waals surface area (Å²) < 4.78 is 0. The monoisotopic (exact) mass is 432 g/mol. The van der Waals surface area contributed by atoms with Crippen LogP contribution in [0.25, 0.3) is 0 Å². The Morgan fingerprint density at radius 3 is 2.30 bits per heavy atom. The maximum atomic E-state index is 13.2. The average molecular weight is 433 g/mol. The van der Waals surface area contributed by atoms with E-state index in [0.717, 1.165) is 56.7 Å². The molecular weight excluding hydrogens is 400 g/mol. The summed E-state index contributed by atoms with van der Waals surface area (Å²) in [5.41, 5.74) is 0. The van der Waals surface area contributed by atoms with E-state index in [2.05, 4.69) is 11.9 Å². The van der Waals surface area contributed by atoms with Crippen LogP contribution in [0.5, 0.6) is 0 Å². The summed E-state index contributed by atoms with van der Waals surface area (Å²) in [7, 11) is 2.09. The summed E-state index contributed by atoms with van der Waals surface area (Å²) in [6.45, 7) is 5.37. The second-order valence-electron chi connectivity index (χ2n) is 8.73. The van der Waals surface area contributed by atoms with Crippen LogP contribution >= 0.6 is 11.3 Å². The third-order valence-electron chi connectivity index (χ3n) is 6.73. The Balaban J connectivity index is 1.29. The van der Waals surface area contributed by atoms with E-state index in [-0.39, 0.29) is 29.7 Å². The standard InChI is InChI=1S/C22H32N4O3S/c1-23-11-13-25(14-12-23)21(28)17-6-9-24(10-7-17)22(29)19-5-2-8-26(19)20(27)16-18-4-3-15-30-18/h3-4,15,17,19H,2,5-14,16H2,1H3. The highest BCUT2D eigenvalue weighted by atomic mass is 32.1. The van der Waals surface area contributed by atoms with E-state index in [1.165, 1.54) is 0 Å². The van der Waals surface area contributed by atoms with Gasteiger partial charge in [-0.3, -0.25) is 14.4 Å². The second-order valence-corrected chi connectivity index (χ2v) is 9.76. The van der Waals surface area contributed by atoms with Gasteiger partial charge in [0.2, 0.25) is 17.7 Å². The molecule has 1 atom stereocenters. The highest BCUT2D eigenvalue weighted by Gasteiger charge is 2.38. The predicted molar refractivity (Wildman–Crippen MR) is 116 cm³/mol. The molecule has 3 amide bonds. The molecule has 7 nitrogen and oxygen atoms in total. The van der Waals surface area contributed by atoms with E-state index in [1.54, 1.807) is 16.2 Å². The molecule has 1 unspecified atom stereocenters. The fourth-order valence-corrected chi connectivity index (χ4v) is 5.52. The van der Waals surface area contributed by atoms with Gasteiger partial charge in [-0.25, -0.2) is 0 Å². The Kier molecular flexibility index (Phi) is 6.73. The topological polar surface area (TPSA) is 64.2 Å². The zero-order valence-corrected chi connectivity index (χ0v) is 18.6. The number of likely N-dealkylation sites (N-methyl/N-ethyl adjacent to an activating group) is 1. The minimum Gasteiger partial charge on any atom is -0.341 e. The number of piperazine rings is 1. The van der Waals surface area contributed by atoms with Crippen LogP contribution in [0.1, 0.15) is 30.6 Å². The predicted octanol–water partition coefficient (Wildman–Crippen LogP) is 1.29. The van der Waals surface area contributed by atoms with Gasteiger partial charge in [0, 0.05) is 56.6 Å². The van der Waals surface area contributed by atoms with Gasteiger partial charge >= 0.3 is 0 Å². The summed E-state index contributed by atoms with van der Waals surface area (Å²) >= 11 is 1.58. The zero-order valence-electron chi connectivity index (χ0n) is 17.8. The van der Waals surface area contributed by atoms with Crippen LogP contribution in [0.3, 0.4) is 0 Å². The van der Waals surface area contributed by atoms with Gasteiger partial charge in [-0.1, -0.05) is 6.07 Å². The van der Waals surface area contributed by atoms with Gasteiger partial charge in [0.1, 0.15) is 6.04 Å². The van der Waals surface area contributed by atoms with Crippen molar-refractivity contribution in [1.29, 1.82) is 0 Å². The van der Waals surface area contributed by atoms with Gasteiger partial charge < -0.3 is 19.6 Å². The van der Waals surface area contributed by atoms with Gasteiger partial charge in [-0.15, -0.1) is 11.3 Å². The number of carbonyl (C=O) groups excluding carboxylic acids is 3. The molecule has 0 saturated carbocycles. The van der Waals surface area contributed by atoms with E-state index in [4.69, 9.17) is 0 Å². The van der Waals surface area contributed by atoms with Crippen molar-refractivity contribution in [3.8, 4) is 0 Å². The number of amides is 3. The van der Waals surface area contributed by atoms with Crippen molar-refractivity contribution < 1.29 is 14.4 Å². The quantitative estimate of drug-likeness (QED) is 0.719. The molecule has 0 spiro atoms. The minimum absolute atomic E-state index is 0.0256. The lowest BCUT2D eigenvalue weighted by Gasteiger charge is -2.38. The lowest BCUT2D eigenvalue weighted by Crippen LogP contribution is -2.53. The summed E-state index contributed by atoms with van der Waals surface area (Å²) in [5.74, 6) is 0.396. The number of carbonyl (C=O) groups is 3. The van der Waals surface area contributed by atoms with Crippen LogP contribution in [-0.2, 0) is 20.8 Å². The molecule has 0 aliphatic carbocycles. The van der Waals surface area contributed by atoms with Gasteiger partial charge in [0.15, 0.2) is 0 Å². The van der Waals surface area contributed by atoms with E-state index in [0.29, 0.717) is 26.1 Å². The Morgan fingerprint density at radius 2 is 1.63 bits per heavy atom. The number of hydrogen-bond donors (Lipinski definition) is 0. The van der Waals surface area contributed by atoms with E-state index < -0.39 is 0 Å². The first-order valence-corrected chi connectivity index (χ1v) is 12.0. The molecule has 3 saturated heterocycles. The number of hydrogen-bond acceptors (Lipinski definition) is 5. The molecule has 30 heavy (non-hydrogen) atoms. The maximum Gasteiger partial charge on any atom is 0.245 e. The normalized spacial score (nSPS) is 23.8. The SMILES string of the molecule is CN1CCN(C(=O)C2CCN(C(=O)C3CCCN3C(=O)Cc3cccs3)CC2)CC1. The van der Waals surface area contributed by atoms with Gasteiger partial charge in [0.05, 0.1) is 6.42 Å². The van der Waals surface area contributed by atoms with Crippen molar-refractivity contribution in [2.24, 2.45) is 5.92 Å². The van der Waals surface area contributed by atoms with Crippen LogP contribution in [0.15, 0.2) is 17.5 Å². The van der Waals surface area contributed by atoms with Crippen LogP contribution in [-0.4, -0.2) is 96.2 Å². The first-order valence-electron chi connectivity index (χ1n) is 11.1. The molecule has 1 aromatic rings. The van der Waals surface area contributed by atoms with Crippen molar-refractivity contribution in [3.05, 3.63) is 22.4 Å². The van der Waals surface area contributed by atoms with Crippen LogP contribution in [0.2, 0.25) is 0 Å². The van der Waals surface area contributed by atoms with Crippen molar-refractivity contribution in [2.75, 3.05) is 52.9 Å². The zero-order chi connectivity index (χ0) is 21.1. The van der Waals surface area contributed by atoms with Crippen molar-refractivity contribution in [2.45, 2.75) is 38.1 Å². The molecule has 8 heteroatoms. The molecule has 164 valence electrons. The fraction of sp³-hybridized carbons (Fsp3) is 0.682. The molecule has 3 fully saturated rings. The summed E-state index contributed by atoms with van der Waals surface area (Å²) in [4.78, 5) is 47.7. The van der Waals surface area contributed by atoms with Gasteiger partial charge in [-0.05, 0) is 44.2 Å². The molecule has 0 bridgehead atoms. The third kappa shape index (κ3) is 4.70. The Bertz CT molecular complexity index is 752. The molecule has 0 radical (unpaired) electrons. The Hall–Kier alpha value is -1.93. The minimum atomic E-state index is -0.331. The summed E-state index contributed by atoms with van der Waals surface area (Å²) in [6, 6.07) is 3.59. The highest BCUT2D eigenvalue weighted by Crippen LogP contribution is 2.25. The number of piperidine rings is 1. The second kappa shape index (κ2) is 9.47. The Labute approximate surface area is 182 Å². The van der Waals surface area contributed by atoms with Crippen molar-refractivity contribution in [3.63, 3.8) is 0 Å². The third-order valence-corrected chi connectivity index (χ3v) is 7.61. The number of thiophene rings is 1. The highest BCUT2D eigenvalue weighted by molar-refractivity contribution is 7.10. The van der Waals surface area contributed by atoms with E-state index >= 15 is 0 Å². The summed E-state index contributed by atoms with van der Waals surface area (Å²) in [5, 5.41) is 1.98. The van der Waals surface area contributed by atoms with E-state index in [1.807, 2.05) is 27.3 Å². The Morgan fingerprint density at radius 1 is 0.933 bits per heavy atom. The lowest BCUT2D eigenvalue weighted by molar-refractivity contribution is -0.146. The lowest BCUT2D eigenvalue weighted by atomic mass is 9.94. The molecule has 4 heterocycles. The van der Waals surface area contributed by atoms with Crippen LogP contribution in [0.4, 0.5) is 0 Å². The smallest absolute Gasteiger partial charge is 0.245 e. The number of nitrogens with zero attached hydrogens (tertiary/aromatic N) is 4. The average Bonchev–Trinajstić information content (AvgIpc) is 3.45. The van der Waals surface area contributed by atoms with E-state index in [9.17, 15) is 14.4 Å². The van der Waals surface area contributed by atoms with Crippen LogP contribution in [0, 0.1) is 5.92 Å². The molecule has 1 aromatic heterocycles. The van der Waals surface area contributed by atoms with Crippen LogP contribution < -0.4 is 0 Å². The maximum absolute atomic E-state index is 13.2. The molecule has 0 aromatic carbocycles. The van der Waals surface area contributed by atoms with Gasteiger partial charge in [0.25, 0.3) is 0 Å². The molecule has 3 aliphatic rings. The molecule has 0 N–H and O–H groups in total. The molecule has 4 rings (SSSR count). The summed E-state index contributed by atoms with van der Waals surface area (Å²) in [6.07, 6.45) is 3.46. The number of rotatable bonds is 4. The molecular formula is C22H32N4O3S. The molecule has 3 aliphatic heterocycles. The fourth-order valence-electron chi connectivity index (χ4n) is 4.83. The largest absolute Gasteiger partial charge is 0.341 e. The number of likely N-dealkylation sites (tertiary alicyclic amines) is 2. The van der Waals surface area contributed by atoms with Crippen molar-refractivity contribution >= 4 is 29.1 Å². The van der Waals surface area contributed by atoms with Gasteiger partial charge in [-0.2, -0.15) is 0 Å².